The van der Waals surface area contributed by atoms with Crippen LogP contribution in [0.15, 0.2) is 42.6 Å². The van der Waals surface area contributed by atoms with Crippen LogP contribution in [0.1, 0.15) is 26.4 Å². The van der Waals surface area contributed by atoms with Gasteiger partial charge in [-0.15, -0.1) is 0 Å². The molecule has 0 aliphatic heterocycles. The number of carboxylic acid groups (broad SMARTS) is 1. The van der Waals surface area contributed by atoms with Gasteiger partial charge in [0.15, 0.2) is 0 Å². The molecule has 0 aliphatic carbocycles. The third-order valence-corrected chi connectivity index (χ3v) is 2.66. The molecule has 0 bridgehead atoms. The molecular formula is C14H12N2O3. The van der Waals surface area contributed by atoms with Crippen LogP contribution in [0.25, 0.3) is 0 Å². The van der Waals surface area contributed by atoms with Crippen molar-refractivity contribution in [1.29, 1.82) is 0 Å². The minimum Gasteiger partial charge on any atom is -0.478 e. The summed E-state index contributed by atoms with van der Waals surface area (Å²) in [5.74, 6) is -1.59. The van der Waals surface area contributed by atoms with Crippen molar-refractivity contribution in [1.82, 2.24) is 4.98 Å². The van der Waals surface area contributed by atoms with E-state index in [1.807, 2.05) is 0 Å². The molecule has 1 aromatic carbocycles. The van der Waals surface area contributed by atoms with Gasteiger partial charge >= 0.3 is 5.97 Å². The molecule has 1 heterocycles. The number of pyridine rings is 1. The molecule has 2 rings (SSSR count). The van der Waals surface area contributed by atoms with E-state index in [4.69, 9.17) is 5.11 Å². The highest BCUT2D eigenvalue weighted by Crippen LogP contribution is 2.15. The fourth-order valence-electron chi connectivity index (χ4n) is 1.67. The Morgan fingerprint density at radius 3 is 2.42 bits per heavy atom. The largest absolute Gasteiger partial charge is 0.478 e. The third kappa shape index (κ3) is 2.77. The highest BCUT2D eigenvalue weighted by molar-refractivity contribution is 6.10. The number of hydrogen-bond acceptors (Lipinski definition) is 3. The maximum absolute atomic E-state index is 12.1. The fraction of sp³-hybridized carbons (Fsp3) is 0.0714. The van der Waals surface area contributed by atoms with Gasteiger partial charge < -0.3 is 10.4 Å². The van der Waals surface area contributed by atoms with E-state index in [9.17, 15) is 9.59 Å². The normalized spacial score (nSPS) is 9.95. The minimum atomic E-state index is -1.13. The summed E-state index contributed by atoms with van der Waals surface area (Å²) in [5.41, 5.74) is 1.33. The first kappa shape index (κ1) is 12.8. The second kappa shape index (κ2) is 5.30. The van der Waals surface area contributed by atoms with Crippen molar-refractivity contribution in [2.24, 2.45) is 0 Å². The Morgan fingerprint density at radius 2 is 1.79 bits per heavy atom. The Kier molecular flexibility index (Phi) is 3.56. The van der Waals surface area contributed by atoms with E-state index in [0.717, 1.165) is 0 Å². The number of anilines is 1. The summed E-state index contributed by atoms with van der Waals surface area (Å²) in [7, 11) is 0. The monoisotopic (exact) mass is 256 g/mol. The zero-order chi connectivity index (χ0) is 13.8. The molecule has 0 atom stereocenters. The summed E-state index contributed by atoms with van der Waals surface area (Å²) >= 11 is 0. The van der Waals surface area contributed by atoms with Gasteiger partial charge in [-0.25, -0.2) is 4.79 Å². The molecule has 5 nitrogen and oxygen atoms in total. The predicted molar refractivity (Wildman–Crippen MR) is 70.3 cm³/mol. The van der Waals surface area contributed by atoms with Gasteiger partial charge in [0.2, 0.25) is 0 Å². The lowest BCUT2D eigenvalue weighted by molar-refractivity contribution is 0.0692. The molecule has 5 heteroatoms. The van der Waals surface area contributed by atoms with Gasteiger partial charge in [-0.1, -0.05) is 12.1 Å². The number of nitrogens with zero attached hydrogens (tertiary/aromatic N) is 1. The maximum Gasteiger partial charge on any atom is 0.336 e. The van der Waals surface area contributed by atoms with Crippen molar-refractivity contribution in [3.8, 4) is 0 Å². The van der Waals surface area contributed by atoms with E-state index in [1.54, 1.807) is 37.4 Å². The number of rotatable bonds is 3. The summed E-state index contributed by atoms with van der Waals surface area (Å²) in [6, 6.07) is 9.49. The van der Waals surface area contributed by atoms with Crippen molar-refractivity contribution in [3.05, 3.63) is 59.4 Å². The van der Waals surface area contributed by atoms with Crippen LogP contribution in [0.3, 0.4) is 0 Å². The smallest absolute Gasteiger partial charge is 0.336 e. The maximum atomic E-state index is 12.1. The van der Waals surface area contributed by atoms with Crippen molar-refractivity contribution in [2.45, 2.75) is 6.92 Å². The van der Waals surface area contributed by atoms with E-state index in [1.165, 1.54) is 12.1 Å². The topological polar surface area (TPSA) is 79.3 Å². The second-order valence-electron chi connectivity index (χ2n) is 3.94. The van der Waals surface area contributed by atoms with Crippen molar-refractivity contribution < 1.29 is 14.7 Å². The lowest BCUT2D eigenvalue weighted by Crippen LogP contribution is -2.17. The highest BCUT2D eigenvalue weighted by atomic mass is 16.4. The summed E-state index contributed by atoms with van der Waals surface area (Å²) in [5, 5.41) is 11.7. The number of benzene rings is 1. The molecule has 0 saturated carbocycles. The Balaban J connectivity index is 2.31. The van der Waals surface area contributed by atoms with Crippen LogP contribution in [0.2, 0.25) is 0 Å². The number of aryl methyl sites for hydroxylation is 1. The first-order valence-corrected chi connectivity index (χ1v) is 5.65. The molecule has 0 aliphatic rings. The number of hydrogen-bond donors (Lipinski definition) is 2. The van der Waals surface area contributed by atoms with E-state index in [0.29, 0.717) is 11.4 Å². The Labute approximate surface area is 109 Å². The molecule has 0 saturated heterocycles. The van der Waals surface area contributed by atoms with Gasteiger partial charge in [-0.2, -0.15) is 0 Å². The average molecular weight is 256 g/mol. The average Bonchev–Trinajstić information content (AvgIpc) is 2.41. The molecule has 1 amide bonds. The zero-order valence-electron chi connectivity index (χ0n) is 10.3. The van der Waals surface area contributed by atoms with Crippen LogP contribution >= 0.6 is 0 Å². The Hall–Kier alpha value is -2.69. The van der Waals surface area contributed by atoms with Gasteiger partial charge in [0.1, 0.15) is 0 Å². The van der Waals surface area contributed by atoms with Crippen LogP contribution in [-0.2, 0) is 0 Å². The molecule has 0 spiro atoms. The quantitative estimate of drug-likeness (QED) is 0.883. The van der Waals surface area contributed by atoms with Crippen molar-refractivity contribution in [3.63, 3.8) is 0 Å². The van der Waals surface area contributed by atoms with E-state index >= 15 is 0 Å². The summed E-state index contributed by atoms with van der Waals surface area (Å²) in [6.45, 7) is 1.76. The highest BCUT2D eigenvalue weighted by Gasteiger charge is 2.16. The van der Waals surface area contributed by atoms with Crippen LogP contribution in [0, 0.1) is 6.92 Å². The third-order valence-electron chi connectivity index (χ3n) is 2.66. The number of carbonyl (C=O) groups is 2. The van der Waals surface area contributed by atoms with E-state index in [2.05, 4.69) is 10.3 Å². The first-order chi connectivity index (χ1) is 9.09. The molecule has 0 fully saturated rings. The molecule has 1 aromatic heterocycles. The first-order valence-electron chi connectivity index (χ1n) is 5.65. The standard InChI is InChI=1S/C14H12N2O3/c1-9-12(7-4-8-15-9)16-13(17)10-5-2-3-6-11(10)14(18)19/h2-8H,1H3,(H,16,17)(H,18,19). The summed E-state index contributed by atoms with van der Waals surface area (Å²) in [4.78, 5) is 27.2. The summed E-state index contributed by atoms with van der Waals surface area (Å²) < 4.78 is 0. The van der Waals surface area contributed by atoms with Crippen molar-refractivity contribution >= 4 is 17.6 Å². The molecule has 2 aromatic rings. The van der Waals surface area contributed by atoms with Crippen molar-refractivity contribution in [2.75, 3.05) is 5.32 Å². The predicted octanol–water partition coefficient (Wildman–Crippen LogP) is 2.34. The number of aromatic carboxylic acids is 1. The van der Waals surface area contributed by atoms with Crippen LogP contribution in [-0.4, -0.2) is 22.0 Å². The SMILES string of the molecule is Cc1ncccc1NC(=O)c1ccccc1C(=O)O. The van der Waals surface area contributed by atoms with Gasteiger partial charge in [-0.3, -0.25) is 9.78 Å². The lowest BCUT2D eigenvalue weighted by Gasteiger charge is -2.09. The van der Waals surface area contributed by atoms with Gasteiger partial charge in [0.25, 0.3) is 5.91 Å². The minimum absolute atomic E-state index is 0.0263. The van der Waals surface area contributed by atoms with Gasteiger partial charge in [0.05, 0.1) is 22.5 Å². The Bertz CT molecular complexity index is 638. The lowest BCUT2D eigenvalue weighted by atomic mass is 10.1. The molecular weight excluding hydrogens is 244 g/mol. The summed E-state index contributed by atoms with van der Waals surface area (Å²) in [6.07, 6.45) is 1.62. The molecule has 0 unspecified atom stereocenters. The van der Waals surface area contributed by atoms with E-state index < -0.39 is 11.9 Å². The van der Waals surface area contributed by atoms with Crippen LogP contribution < -0.4 is 5.32 Å². The second-order valence-corrected chi connectivity index (χ2v) is 3.94. The Morgan fingerprint density at radius 1 is 1.11 bits per heavy atom. The molecule has 0 radical (unpaired) electrons. The number of amides is 1. The zero-order valence-corrected chi connectivity index (χ0v) is 10.3. The molecule has 96 valence electrons. The number of carboxylic acids is 1. The van der Waals surface area contributed by atoms with Crippen LogP contribution in [0.5, 0.6) is 0 Å². The van der Waals surface area contributed by atoms with E-state index in [-0.39, 0.29) is 11.1 Å². The van der Waals surface area contributed by atoms with Crippen LogP contribution in [0.4, 0.5) is 5.69 Å². The number of aromatic nitrogens is 1. The molecule has 19 heavy (non-hydrogen) atoms. The fourth-order valence-corrected chi connectivity index (χ4v) is 1.67. The number of nitrogens with one attached hydrogen (secondary N) is 1. The van der Waals surface area contributed by atoms with Gasteiger partial charge in [0, 0.05) is 6.20 Å². The molecule has 2 N–H and O–H groups in total. The number of carbonyl (C=O) groups excluding carboxylic acids is 1. The van der Waals surface area contributed by atoms with Gasteiger partial charge in [-0.05, 0) is 31.2 Å².